The third kappa shape index (κ3) is 2.19. The van der Waals surface area contributed by atoms with Crippen LogP contribution in [0.25, 0.3) is 22.4 Å². The number of benzene rings is 2. The number of ketones is 1. The van der Waals surface area contributed by atoms with Crippen molar-refractivity contribution in [3.8, 4) is 11.4 Å². The topological polar surface area (TPSA) is 66.0 Å². The van der Waals surface area contributed by atoms with Gasteiger partial charge in [-0.1, -0.05) is 12.1 Å². The van der Waals surface area contributed by atoms with E-state index < -0.39 is 6.61 Å². The summed E-state index contributed by atoms with van der Waals surface area (Å²) in [6, 6.07) is 11.0. The first-order chi connectivity index (χ1) is 9.67. The predicted molar refractivity (Wildman–Crippen MR) is 72.9 cm³/mol. The van der Waals surface area contributed by atoms with Gasteiger partial charge in [0.1, 0.15) is 18.2 Å². The van der Waals surface area contributed by atoms with E-state index in [1.807, 2.05) is 0 Å². The molecule has 0 radical (unpaired) electrons. The van der Waals surface area contributed by atoms with Gasteiger partial charge in [0.25, 0.3) is 0 Å². The summed E-state index contributed by atoms with van der Waals surface area (Å²) >= 11 is 0. The molecular formula is C15H11FN2O2. The molecule has 0 amide bonds. The molecule has 0 aliphatic carbocycles. The van der Waals surface area contributed by atoms with E-state index in [2.05, 4.69) is 9.97 Å². The van der Waals surface area contributed by atoms with Crippen molar-refractivity contribution >= 4 is 16.8 Å². The van der Waals surface area contributed by atoms with Gasteiger partial charge in [0.2, 0.25) is 0 Å². The average molecular weight is 270 g/mol. The number of aliphatic hydroxyl groups is 1. The van der Waals surface area contributed by atoms with E-state index in [0.29, 0.717) is 28.0 Å². The minimum atomic E-state index is -0.531. The Labute approximate surface area is 113 Å². The summed E-state index contributed by atoms with van der Waals surface area (Å²) in [7, 11) is 0. The summed E-state index contributed by atoms with van der Waals surface area (Å²) in [6.07, 6.45) is 0. The van der Waals surface area contributed by atoms with Crippen LogP contribution in [0.3, 0.4) is 0 Å². The Balaban J connectivity index is 2.09. The fourth-order valence-electron chi connectivity index (χ4n) is 2.05. The maximum atomic E-state index is 13.2. The molecule has 0 aliphatic rings. The smallest absolute Gasteiger partial charge is 0.188 e. The van der Waals surface area contributed by atoms with Crippen molar-refractivity contribution in [1.29, 1.82) is 0 Å². The van der Waals surface area contributed by atoms with Crippen LogP contribution in [0.1, 0.15) is 10.4 Å². The van der Waals surface area contributed by atoms with Crippen molar-refractivity contribution in [2.45, 2.75) is 0 Å². The largest absolute Gasteiger partial charge is 0.388 e. The number of Topliss-reactive ketones (excluding diaryl/α,β-unsaturated/α-hetero) is 1. The van der Waals surface area contributed by atoms with Crippen LogP contribution in [-0.2, 0) is 0 Å². The molecule has 20 heavy (non-hydrogen) atoms. The molecule has 3 aromatic rings. The second-order valence-corrected chi connectivity index (χ2v) is 4.41. The Hall–Kier alpha value is -2.53. The second-order valence-electron chi connectivity index (χ2n) is 4.41. The SMILES string of the molecule is O=C(CO)c1ccc2nc(-c3cccc(F)c3)[nH]c2c1. The third-order valence-corrected chi connectivity index (χ3v) is 3.05. The van der Waals surface area contributed by atoms with E-state index >= 15 is 0 Å². The van der Waals surface area contributed by atoms with Gasteiger partial charge in [-0.15, -0.1) is 0 Å². The van der Waals surface area contributed by atoms with E-state index in [-0.39, 0.29) is 11.6 Å². The molecule has 4 nitrogen and oxygen atoms in total. The van der Waals surface area contributed by atoms with Gasteiger partial charge in [-0.3, -0.25) is 4.79 Å². The highest BCUT2D eigenvalue weighted by molar-refractivity contribution is 5.99. The molecule has 0 saturated carbocycles. The minimum absolute atomic E-state index is 0.334. The van der Waals surface area contributed by atoms with Gasteiger partial charge in [0.05, 0.1) is 11.0 Å². The molecule has 0 unspecified atom stereocenters. The van der Waals surface area contributed by atoms with Gasteiger partial charge in [-0.2, -0.15) is 0 Å². The molecule has 0 spiro atoms. The monoisotopic (exact) mass is 270 g/mol. The Morgan fingerprint density at radius 2 is 2.10 bits per heavy atom. The standard InChI is InChI=1S/C15H11FN2O2/c16-11-3-1-2-10(6-11)15-17-12-5-4-9(14(20)8-19)7-13(12)18-15/h1-7,19H,8H2,(H,17,18). The summed E-state index contributed by atoms with van der Waals surface area (Å²) in [5.74, 6) is -0.152. The van der Waals surface area contributed by atoms with Crippen LogP contribution in [0.2, 0.25) is 0 Å². The Bertz CT molecular complexity index is 795. The van der Waals surface area contributed by atoms with Gasteiger partial charge < -0.3 is 10.1 Å². The zero-order chi connectivity index (χ0) is 14.1. The van der Waals surface area contributed by atoms with Gasteiger partial charge >= 0.3 is 0 Å². The highest BCUT2D eigenvalue weighted by Crippen LogP contribution is 2.22. The lowest BCUT2D eigenvalue weighted by molar-refractivity contribution is 0.0904. The summed E-state index contributed by atoms with van der Waals surface area (Å²) in [5.41, 5.74) is 2.40. The number of nitrogens with one attached hydrogen (secondary N) is 1. The van der Waals surface area contributed by atoms with Crippen molar-refractivity contribution in [1.82, 2.24) is 9.97 Å². The van der Waals surface area contributed by atoms with Gasteiger partial charge in [-0.25, -0.2) is 9.37 Å². The van der Waals surface area contributed by atoms with Crippen LogP contribution < -0.4 is 0 Å². The lowest BCUT2D eigenvalue weighted by atomic mass is 10.1. The Morgan fingerprint density at radius 1 is 1.25 bits per heavy atom. The molecular weight excluding hydrogens is 259 g/mol. The molecule has 5 heteroatoms. The molecule has 1 heterocycles. The normalized spacial score (nSPS) is 10.9. The van der Waals surface area contributed by atoms with Crippen LogP contribution in [0.4, 0.5) is 4.39 Å². The number of hydrogen-bond acceptors (Lipinski definition) is 3. The van der Waals surface area contributed by atoms with E-state index in [1.54, 1.807) is 30.3 Å². The number of aliphatic hydroxyl groups excluding tert-OH is 1. The maximum absolute atomic E-state index is 13.2. The molecule has 0 aliphatic heterocycles. The van der Waals surface area contributed by atoms with Gasteiger partial charge in [0, 0.05) is 11.1 Å². The molecule has 0 saturated heterocycles. The quantitative estimate of drug-likeness (QED) is 0.719. The third-order valence-electron chi connectivity index (χ3n) is 3.05. The average Bonchev–Trinajstić information content (AvgIpc) is 2.89. The molecule has 100 valence electrons. The summed E-state index contributed by atoms with van der Waals surface area (Å²) in [5, 5.41) is 8.86. The van der Waals surface area contributed by atoms with Crippen LogP contribution in [0.5, 0.6) is 0 Å². The lowest BCUT2D eigenvalue weighted by Gasteiger charge is -1.96. The first-order valence-corrected chi connectivity index (χ1v) is 6.07. The summed E-state index contributed by atoms with van der Waals surface area (Å²) in [6.45, 7) is -0.531. The van der Waals surface area contributed by atoms with Crippen LogP contribution in [0.15, 0.2) is 42.5 Å². The van der Waals surface area contributed by atoms with Gasteiger partial charge in [0.15, 0.2) is 5.78 Å². The molecule has 3 rings (SSSR count). The van der Waals surface area contributed by atoms with Crippen molar-refractivity contribution in [3.63, 3.8) is 0 Å². The number of nitrogens with zero attached hydrogens (tertiary/aromatic N) is 1. The summed E-state index contributed by atoms with van der Waals surface area (Å²) < 4.78 is 13.2. The minimum Gasteiger partial charge on any atom is -0.388 e. The van der Waals surface area contributed by atoms with Crippen molar-refractivity contribution < 1.29 is 14.3 Å². The van der Waals surface area contributed by atoms with Crippen LogP contribution in [-0.4, -0.2) is 27.5 Å². The zero-order valence-electron chi connectivity index (χ0n) is 10.4. The fraction of sp³-hybridized carbons (Fsp3) is 0.0667. The number of carbonyl (C=O) groups excluding carboxylic acids is 1. The van der Waals surface area contributed by atoms with Crippen molar-refractivity contribution in [3.05, 3.63) is 53.8 Å². The molecule has 0 fully saturated rings. The highest BCUT2D eigenvalue weighted by atomic mass is 19.1. The van der Waals surface area contributed by atoms with Crippen molar-refractivity contribution in [2.24, 2.45) is 0 Å². The first-order valence-electron chi connectivity index (χ1n) is 6.07. The van der Waals surface area contributed by atoms with E-state index in [0.717, 1.165) is 0 Å². The maximum Gasteiger partial charge on any atom is 0.188 e. The number of fused-ring (bicyclic) bond motifs is 1. The number of imidazole rings is 1. The second kappa shape index (κ2) is 4.86. The Morgan fingerprint density at radius 3 is 2.85 bits per heavy atom. The van der Waals surface area contributed by atoms with Crippen LogP contribution in [0, 0.1) is 5.82 Å². The molecule has 2 aromatic carbocycles. The number of hydrogen-bond donors (Lipinski definition) is 2. The first kappa shape index (κ1) is 12.5. The molecule has 1 aromatic heterocycles. The molecule has 0 atom stereocenters. The number of carbonyl (C=O) groups is 1. The van der Waals surface area contributed by atoms with Crippen LogP contribution >= 0.6 is 0 Å². The predicted octanol–water partition coefficient (Wildman–Crippen LogP) is 2.54. The number of H-pyrrole nitrogens is 1. The number of rotatable bonds is 3. The van der Waals surface area contributed by atoms with E-state index in [1.165, 1.54) is 12.1 Å². The molecule has 0 bridgehead atoms. The zero-order valence-corrected chi connectivity index (χ0v) is 10.4. The fourth-order valence-corrected chi connectivity index (χ4v) is 2.05. The van der Waals surface area contributed by atoms with E-state index in [4.69, 9.17) is 5.11 Å². The van der Waals surface area contributed by atoms with E-state index in [9.17, 15) is 9.18 Å². The number of aromatic nitrogens is 2. The number of halogens is 1. The van der Waals surface area contributed by atoms with Gasteiger partial charge in [-0.05, 0) is 30.3 Å². The Kier molecular flexibility index (Phi) is 3.04. The number of aromatic amines is 1. The molecule has 2 N–H and O–H groups in total. The van der Waals surface area contributed by atoms with Crippen molar-refractivity contribution in [2.75, 3.05) is 6.61 Å². The lowest BCUT2D eigenvalue weighted by Crippen LogP contribution is -2.03. The summed E-state index contributed by atoms with van der Waals surface area (Å²) in [4.78, 5) is 18.8. The highest BCUT2D eigenvalue weighted by Gasteiger charge is 2.09.